The number of nitrogens with one attached hydrogen (secondary N) is 1. The van der Waals surface area contributed by atoms with E-state index in [2.05, 4.69) is 9.72 Å². The molecule has 0 saturated carbocycles. The van der Waals surface area contributed by atoms with Gasteiger partial charge in [0.1, 0.15) is 5.69 Å². The molecule has 0 aliphatic heterocycles. The molecule has 0 aliphatic rings. The molecule has 0 spiro atoms. The lowest BCUT2D eigenvalue weighted by atomic mass is 10.2. The van der Waals surface area contributed by atoms with Gasteiger partial charge in [0.05, 0.1) is 6.42 Å². The maximum absolute atomic E-state index is 11.5. The van der Waals surface area contributed by atoms with Gasteiger partial charge in [0.15, 0.2) is 0 Å². The predicted octanol–water partition coefficient (Wildman–Crippen LogP) is 1.94. The van der Waals surface area contributed by atoms with Crippen molar-refractivity contribution in [1.29, 1.82) is 0 Å². The zero-order valence-electron chi connectivity index (χ0n) is 9.05. The molecule has 17 heavy (non-hydrogen) atoms. The van der Waals surface area contributed by atoms with E-state index in [1.165, 1.54) is 0 Å². The highest BCUT2D eigenvalue weighted by Gasteiger charge is 2.13. The van der Waals surface area contributed by atoms with Gasteiger partial charge in [0.2, 0.25) is 0 Å². The number of carbonyl (C=O) groups is 2. The number of carbonyl (C=O) groups excluding carboxylic acids is 2. The fourth-order valence-electron chi connectivity index (χ4n) is 1.41. The minimum Gasteiger partial charge on any atom is -0.388 e. The fraction of sp³-hybridized carbons (Fsp3) is 0.0769. The van der Waals surface area contributed by atoms with Gasteiger partial charge in [-0.3, -0.25) is 4.79 Å². The van der Waals surface area contributed by atoms with E-state index < -0.39 is 11.9 Å². The Labute approximate surface area is 98.2 Å². The van der Waals surface area contributed by atoms with Crippen LogP contribution >= 0.6 is 0 Å². The third kappa shape index (κ3) is 3.04. The summed E-state index contributed by atoms with van der Waals surface area (Å²) in [5.74, 6) is -1.22. The first-order valence-corrected chi connectivity index (χ1v) is 5.18. The number of rotatable bonds is 3. The Kier molecular flexibility index (Phi) is 3.35. The third-order valence-electron chi connectivity index (χ3n) is 2.22. The molecule has 86 valence electrons. The van der Waals surface area contributed by atoms with Crippen molar-refractivity contribution in [2.24, 2.45) is 0 Å². The van der Waals surface area contributed by atoms with Crippen LogP contribution in [0.5, 0.6) is 0 Å². The van der Waals surface area contributed by atoms with Gasteiger partial charge in [-0.2, -0.15) is 0 Å². The molecule has 0 amide bonds. The second kappa shape index (κ2) is 5.12. The van der Waals surface area contributed by atoms with E-state index in [0.29, 0.717) is 0 Å². The average molecular weight is 229 g/mol. The zero-order valence-corrected chi connectivity index (χ0v) is 9.05. The van der Waals surface area contributed by atoms with Crippen molar-refractivity contribution in [3.63, 3.8) is 0 Å². The van der Waals surface area contributed by atoms with Gasteiger partial charge < -0.3 is 9.72 Å². The van der Waals surface area contributed by atoms with Crippen molar-refractivity contribution in [2.45, 2.75) is 6.42 Å². The van der Waals surface area contributed by atoms with E-state index in [-0.39, 0.29) is 12.1 Å². The van der Waals surface area contributed by atoms with Crippen LogP contribution in [0.2, 0.25) is 0 Å². The van der Waals surface area contributed by atoms with Crippen molar-refractivity contribution >= 4 is 11.9 Å². The van der Waals surface area contributed by atoms with Crippen molar-refractivity contribution in [3.8, 4) is 0 Å². The molecule has 1 N–H and O–H groups in total. The Morgan fingerprint density at radius 1 is 1.06 bits per heavy atom. The minimum atomic E-state index is -0.657. The molecule has 4 heteroatoms. The molecule has 4 nitrogen and oxygen atoms in total. The molecule has 0 atom stereocenters. The monoisotopic (exact) mass is 229 g/mol. The number of benzene rings is 1. The minimum absolute atomic E-state index is 0.0906. The largest absolute Gasteiger partial charge is 0.388 e. The van der Waals surface area contributed by atoms with Crippen LogP contribution in [0.4, 0.5) is 0 Å². The van der Waals surface area contributed by atoms with Crippen LogP contribution < -0.4 is 0 Å². The van der Waals surface area contributed by atoms with Crippen LogP contribution in [0.15, 0.2) is 48.7 Å². The molecular weight excluding hydrogens is 218 g/mol. The highest BCUT2D eigenvalue weighted by Crippen LogP contribution is 2.03. The Morgan fingerprint density at radius 2 is 1.82 bits per heavy atom. The lowest BCUT2D eigenvalue weighted by Gasteiger charge is -2.01. The van der Waals surface area contributed by atoms with E-state index in [9.17, 15) is 9.59 Å². The van der Waals surface area contributed by atoms with Crippen LogP contribution in [-0.2, 0) is 16.0 Å². The summed E-state index contributed by atoms with van der Waals surface area (Å²) in [5, 5.41) is 0. The summed E-state index contributed by atoms with van der Waals surface area (Å²) in [6, 6.07) is 12.3. The van der Waals surface area contributed by atoms with Crippen molar-refractivity contribution in [1.82, 2.24) is 4.98 Å². The number of ether oxygens (including phenoxy) is 1. The van der Waals surface area contributed by atoms with E-state index in [0.717, 1.165) is 5.56 Å². The van der Waals surface area contributed by atoms with Crippen LogP contribution in [0.3, 0.4) is 0 Å². The smallest absolute Gasteiger partial charge is 0.362 e. The summed E-state index contributed by atoms with van der Waals surface area (Å²) in [4.78, 5) is 25.6. The van der Waals surface area contributed by atoms with Crippen molar-refractivity contribution in [2.75, 3.05) is 0 Å². The fourth-order valence-corrected chi connectivity index (χ4v) is 1.41. The van der Waals surface area contributed by atoms with E-state index in [1.807, 2.05) is 18.2 Å². The number of aromatic nitrogens is 1. The molecule has 1 heterocycles. The summed E-state index contributed by atoms with van der Waals surface area (Å²) in [6.07, 6.45) is 1.69. The molecule has 2 rings (SSSR count). The van der Waals surface area contributed by atoms with Gasteiger partial charge in [0, 0.05) is 6.20 Å². The molecule has 1 aromatic heterocycles. The normalized spacial score (nSPS) is 9.88. The summed E-state index contributed by atoms with van der Waals surface area (Å²) >= 11 is 0. The first-order chi connectivity index (χ1) is 8.25. The van der Waals surface area contributed by atoms with Gasteiger partial charge in [-0.15, -0.1) is 0 Å². The molecule has 0 unspecified atom stereocenters. The second-order valence-electron chi connectivity index (χ2n) is 3.51. The van der Waals surface area contributed by atoms with Crippen LogP contribution in [0.25, 0.3) is 0 Å². The SMILES string of the molecule is O=C(Cc1ccccc1)OC(=O)c1ccc[nH]1. The summed E-state index contributed by atoms with van der Waals surface area (Å²) in [7, 11) is 0. The third-order valence-corrected chi connectivity index (χ3v) is 2.22. The summed E-state index contributed by atoms with van der Waals surface area (Å²) in [6.45, 7) is 0. The molecular formula is C13H11NO3. The highest BCUT2D eigenvalue weighted by molar-refractivity contribution is 5.95. The van der Waals surface area contributed by atoms with Crippen LogP contribution in [-0.4, -0.2) is 16.9 Å². The molecule has 1 aromatic carbocycles. The highest BCUT2D eigenvalue weighted by atomic mass is 16.6. The molecule has 0 radical (unpaired) electrons. The number of esters is 2. The molecule has 0 fully saturated rings. The van der Waals surface area contributed by atoms with E-state index >= 15 is 0 Å². The Hall–Kier alpha value is -2.36. The maximum Gasteiger partial charge on any atom is 0.362 e. The number of H-pyrrole nitrogens is 1. The molecule has 0 bridgehead atoms. The number of hydrogen-bond acceptors (Lipinski definition) is 3. The van der Waals surface area contributed by atoms with E-state index in [4.69, 9.17) is 0 Å². The Bertz CT molecular complexity index is 503. The first kappa shape index (κ1) is 11.1. The van der Waals surface area contributed by atoms with Gasteiger partial charge in [-0.1, -0.05) is 30.3 Å². The van der Waals surface area contributed by atoms with E-state index in [1.54, 1.807) is 30.5 Å². The standard InChI is InChI=1S/C13H11NO3/c15-12(9-10-5-2-1-3-6-10)17-13(16)11-7-4-8-14-11/h1-8,14H,9H2. The predicted molar refractivity (Wildman–Crippen MR) is 61.4 cm³/mol. The first-order valence-electron chi connectivity index (χ1n) is 5.18. The Morgan fingerprint density at radius 3 is 2.47 bits per heavy atom. The van der Waals surface area contributed by atoms with Crippen molar-refractivity contribution < 1.29 is 14.3 Å². The van der Waals surface area contributed by atoms with Gasteiger partial charge in [-0.25, -0.2) is 4.79 Å². The van der Waals surface area contributed by atoms with Gasteiger partial charge in [-0.05, 0) is 17.7 Å². The molecule has 2 aromatic rings. The number of aromatic amines is 1. The molecule has 0 aliphatic carbocycles. The zero-order chi connectivity index (χ0) is 12.1. The van der Waals surface area contributed by atoms with Crippen LogP contribution in [0.1, 0.15) is 16.1 Å². The van der Waals surface area contributed by atoms with Gasteiger partial charge >= 0.3 is 11.9 Å². The topological polar surface area (TPSA) is 59.2 Å². The summed E-state index contributed by atoms with van der Waals surface area (Å²) in [5.41, 5.74) is 1.09. The summed E-state index contributed by atoms with van der Waals surface area (Å²) < 4.78 is 4.69. The molecule has 0 saturated heterocycles. The van der Waals surface area contributed by atoms with Crippen LogP contribution in [0, 0.1) is 0 Å². The number of hydrogen-bond donors (Lipinski definition) is 1. The quantitative estimate of drug-likeness (QED) is 0.646. The maximum atomic E-state index is 11.5. The second-order valence-corrected chi connectivity index (χ2v) is 3.51. The average Bonchev–Trinajstić information content (AvgIpc) is 2.83. The van der Waals surface area contributed by atoms with Gasteiger partial charge in [0.25, 0.3) is 0 Å². The lowest BCUT2D eigenvalue weighted by Crippen LogP contribution is -2.14. The van der Waals surface area contributed by atoms with Crippen molar-refractivity contribution in [3.05, 3.63) is 59.9 Å². The lowest BCUT2D eigenvalue weighted by molar-refractivity contribution is -0.137. The Balaban J connectivity index is 1.92.